The van der Waals surface area contributed by atoms with E-state index in [2.05, 4.69) is 15.8 Å². The van der Waals surface area contributed by atoms with E-state index in [-0.39, 0.29) is 18.0 Å². The fourth-order valence-corrected chi connectivity index (χ4v) is 3.82. The monoisotopic (exact) mass is 575 g/mol. The second kappa shape index (κ2) is 14.5. The zero-order chi connectivity index (χ0) is 29.0. The molecule has 0 atom stereocenters. The lowest BCUT2D eigenvalue weighted by molar-refractivity contribution is -0.118. The van der Waals surface area contributed by atoms with Crippen LogP contribution in [0.25, 0.3) is 0 Å². The first kappa shape index (κ1) is 29.1. The summed E-state index contributed by atoms with van der Waals surface area (Å²) in [6, 6.07) is 25.1. The van der Waals surface area contributed by atoms with Crippen LogP contribution < -0.4 is 25.0 Å². The van der Waals surface area contributed by atoms with Gasteiger partial charge in [0.05, 0.1) is 18.5 Å². The van der Waals surface area contributed by atoms with Crippen molar-refractivity contribution >= 4 is 35.3 Å². The lowest BCUT2D eigenvalue weighted by atomic mass is 10.2. The standard InChI is InChI=1S/C31H27ClFN3O5/c1-2-39-29-17-22(12-14-28(29)40-19-21-8-4-3-5-9-21)31(38)36-34-18-23-16-24(32)13-15-27(23)41-20-30(37)35-26-11-7-6-10-25(26)33/h3-18H,2,19-20H2,1H3,(H,35,37)(H,36,38)/b34-18+. The molecule has 4 aromatic carbocycles. The van der Waals surface area contributed by atoms with Crippen molar-refractivity contribution in [1.82, 2.24) is 5.43 Å². The molecule has 0 aromatic heterocycles. The highest BCUT2D eigenvalue weighted by Gasteiger charge is 2.13. The molecular weight excluding hydrogens is 549 g/mol. The minimum Gasteiger partial charge on any atom is -0.490 e. The molecule has 0 heterocycles. The van der Waals surface area contributed by atoms with Gasteiger partial charge in [0.1, 0.15) is 18.2 Å². The molecule has 0 aliphatic heterocycles. The van der Waals surface area contributed by atoms with Crippen LogP contribution in [0.5, 0.6) is 17.2 Å². The molecule has 8 nitrogen and oxygen atoms in total. The van der Waals surface area contributed by atoms with E-state index in [1.807, 2.05) is 37.3 Å². The number of nitrogens with one attached hydrogen (secondary N) is 2. The van der Waals surface area contributed by atoms with E-state index in [0.29, 0.717) is 40.9 Å². The van der Waals surface area contributed by atoms with Gasteiger partial charge in [-0.05, 0) is 61.0 Å². The number of hydrogen-bond donors (Lipinski definition) is 2. The van der Waals surface area contributed by atoms with Gasteiger partial charge >= 0.3 is 0 Å². The molecule has 0 saturated carbocycles. The van der Waals surface area contributed by atoms with Gasteiger partial charge in [-0.15, -0.1) is 0 Å². The van der Waals surface area contributed by atoms with E-state index in [4.69, 9.17) is 25.8 Å². The molecule has 0 aliphatic rings. The molecule has 10 heteroatoms. The highest BCUT2D eigenvalue weighted by Crippen LogP contribution is 2.29. The van der Waals surface area contributed by atoms with Gasteiger partial charge in [0.2, 0.25) is 0 Å². The lowest BCUT2D eigenvalue weighted by Crippen LogP contribution is -2.21. The van der Waals surface area contributed by atoms with Crippen LogP contribution in [0.15, 0.2) is 96.1 Å². The van der Waals surface area contributed by atoms with Crippen molar-refractivity contribution in [2.75, 3.05) is 18.5 Å². The molecule has 0 spiro atoms. The van der Waals surface area contributed by atoms with Crippen LogP contribution in [-0.4, -0.2) is 31.2 Å². The van der Waals surface area contributed by atoms with E-state index in [1.165, 1.54) is 24.4 Å². The smallest absolute Gasteiger partial charge is 0.271 e. The number of halogens is 2. The molecule has 4 rings (SSSR count). The molecule has 0 saturated heterocycles. The predicted molar refractivity (Wildman–Crippen MR) is 155 cm³/mol. The molecule has 0 unspecified atom stereocenters. The summed E-state index contributed by atoms with van der Waals surface area (Å²) in [7, 11) is 0. The Bertz CT molecular complexity index is 1530. The Morgan fingerprint density at radius 2 is 1.63 bits per heavy atom. The SMILES string of the molecule is CCOc1cc(C(=O)N/N=C/c2cc(Cl)ccc2OCC(=O)Nc2ccccc2F)ccc1OCc1ccccc1. The molecule has 4 aromatic rings. The molecule has 2 N–H and O–H groups in total. The average Bonchev–Trinajstić information content (AvgIpc) is 2.98. The van der Waals surface area contributed by atoms with E-state index < -0.39 is 17.6 Å². The summed E-state index contributed by atoms with van der Waals surface area (Å²) in [4.78, 5) is 25.0. The maximum atomic E-state index is 13.8. The van der Waals surface area contributed by atoms with Gasteiger partial charge in [-0.1, -0.05) is 54.1 Å². The van der Waals surface area contributed by atoms with E-state index >= 15 is 0 Å². The molecule has 0 bridgehead atoms. The van der Waals surface area contributed by atoms with Crippen LogP contribution in [0, 0.1) is 5.82 Å². The van der Waals surface area contributed by atoms with Crippen molar-refractivity contribution in [1.29, 1.82) is 0 Å². The summed E-state index contributed by atoms with van der Waals surface area (Å²) in [6.07, 6.45) is 1.34. The van der Waals surface area contributed by atoms with Crippen molar-refractivity contribution in [3.63, 3.8) is 0 Å². The summed E-state index contributed by atoms with van der Waals surface area (Å²) in [5.74, 6) is -0.365. The number of carbonyl (C=O) groups is 2. The molecule has 2 amide bonds. The number of amides is 2. The van der Waals surface area contributed by atoms with Gasteiger partial charge in [-0.25, -0.2) is 9.82 Å². The maximum absolute atomic E-state index is 13.8. The number of para-hydroxylation sites is 1. The summed E-state index contributed by atoms with van der Waals surface area (Å²) in [5.41, 5.74) is 4.23. The molecule has 0 fully saturated rings. The third-order valence-electron chi connectivity index (χ3n) is 5.59. The van der Waals surface area contributed by atoms with Crippen LogP contribution >= 0.6 is 11.6 Å². The molecular formula is C31H27ClFN3O5. The van der Waals surface area contributed by atoms with E-state index in [0.717, 1.165) is 5.56 Å². The van der Waals surface area contributed by atoms with Crippen LogP contribution in [0.4, 0.5) is 10.1 Å². The number of rotatable bonds is 12. The minimum absolute atomic E-state index is 0.0463. The third kappa shape index (κ3) is 8.55. The Balaban J connectivity index is 1.38. The minimum atomic E-state index is -0.557. The van der Waals surface area contributed by atoms with Crippen molar-refractivity contribution in [2.45, 2.75) is 13.5 Å². The zero-order valence-electron chi connectivity index (χ0n) is 22.1. The van der Waals surface area contributed by atoms with Crippen molar-refractivity contribution in [3.8, 4) is 17.2 Å². The number of nitrogens with zero attached hydrogens (tertiary/aromatic N) is 1. The molecule has 41 heavy (non-hydrogen) atoms. The highest BCUT2D eigenvalue weighted by molar-refractivity contribution is 6.30. The second-order valence-electron chi connectivity index (χ2n) is 8.57. The average molecular weight is 576 g/mol. The number of anilines is 1. The Morgan fingerprint density at radius 3 is 2.41 bits per heavy atom. The Morgan fingerprint density at radius 1 is 0.878 bits per heavy atom. The number of hydrogen-bond acceptors (Lipinski definition) is 6. The largest absolute Gasteiger partial charge is 0.490 e. The first-order chi connectivity index (χ1) is 19.9. The molecule has 0 radical (unpaired) electrons. The Labute approximate surface area is 241 Å². The van der Waals surface area contributed by atoms with E-state index in [9.17, 15) is 14.0 Å². The molecule has 0 aliphatic carbocycles. The quantitative estimate of drug-likeness (QED) is 0.154. The van der Waals surface area contributed by atoms with Crippen molar-refractivity contribution < 1.29 is 28.2 Å². The number of carbonyl (C=O) groups excluding carboxylic acids is 2. The van der Waals surface area contributed by atoms with Crippen LogP contribution in [-0.2, 0) is 11.4 Å². The summed E-state index contributed by atoms with van der Waals surface area (Å²) >= 11 is 6.12. The normalized spacial score (nSPS) is 10.7. The fraction of sp³-hybridized carbons (Fsp3) is 0.129. The van der Waals surface area contributed by atoms with Gasteiger partial charge in [-0.2, -0.15) is 5.10 Å². The number of hydrazone groups is 1. The Kier molecular flexibility index (Phi) is 10.3. The predicted octanol–water partition coefficient (Wildman–Crippen LogP) is 6.24. The number of benzene rings is 4. The maximum Gasteiger partial charge on any atom is 0.271 e. The Hall–Kier alpha value is -4.89. The fourth-order valence-electron chi connectivity index (χ4n) is 3.64. The first-order valence-electron chi connectivity index (χ1n) is 12.7. The van der Waals surface area contributed by atoms with Gasteiger partial charge in [0.25, 0.3) is 11.8 Å². The summed E-state index contributed by atoms with van der Waals surface area (Å²) in [6.45, 7) is 2.20. The van der Waals surface area contributed by atoms with Gasteiger partial charge < -0.3 is 19.5 Å². The van der Waals surface area contributed by atoms with Gasteiger partial charge in [0.15, 0.2) is 18.1 Å². The first-order valence-corrected chi connectivity index (χ1v) is 13.0. The highest BCUT2D eigenvalue weighted by atomic mass is 35.5. The van der Waals surface area contributed by atoms with Gasteiger partial charge in [0, 0.05) is 16.1 Å². The van der Waals surface area contributed by atoms with E-state index in [1.54, 1.807) is 42.5 Å². The summed E-state index contributed by atoms with van der Waals surface area (Å²) < 4.78 is 31.0. The lowest BCUT2D eigenvalue weighted by Gasteiger charge is -2.13. The van der Waals surface area contributed by atoms with Crippen LogP contribution in [0.3, 0.4) is 0 Å². The van der Waals surface area contributed by atoms with Crippen LogP contribution in [0.2, 0.25) is 5.02 Å². The third-order valence-corrected chi connectivity index (χ3v) is 5.83. The summed E-state index contributed by atoms with van der Waals surface area (Å²) in [5, 5.41) is 6.86. The molecule has 210 valence electrons. The van der Waals surface area contributed by atoms with Crippen molar-refractivity contribution in [3.05, 3.63) is 119 Å². The van der Waals surface area contributed by atoms with Gasteiger partial charge in [-0.3, -0.25) is 9.59 Å². The second-order valence-corrected chi connectivity index (χ2v) is 9.00. The number of ether oxygens (including phenoxy) is 3. The van der Waals surface area contributed by atoms with Crippen LogP contribution in [0.1, 0.15) is 28.4 Å². The topological polar surface area (TPSA) is 98.3 Å². The van der Waals surface area contributed by atoms with Crippen molar-refractivity contribution in [2.24, 2.45) is 5.10 Å². The zero-order valence-corrected chi connectivity index (χ0v) is 22.9.